The minimum Gasteiger partial charge on any atom is -0.334 e. The second-order valence-electron chi connectivity index (χ2n) is 6.04. The summed E-state index contributed by atoms with van der Waals surface area (Å²) >= 11 is 1.29. The summed E-state index contributed by atoms with van der Waals surface area (Å²) < 4.78 is 0. The van der Waals surface area contributed by atoms with Crippen LogP contribution in [0.1, 0.15) is 42.2 Å². The monoisotopic (exact) mass is 343 g/mol. The van der Waals surface area contributed by atoms with E-state index in [9.17, 15) is 9.59 Å². The topological polar surface area (TPSA) is 62.3 Å². The molecule has 5 nitrogen and oxygen atoms in total. The van der Waals surface area contributed by atoms with Gasteiger partial charge in [-0.1, -0.05) is 30.3 Å². The van der Waals surface area contributed by atoms with Crippen molar-refractivity contribution in [2.24, 2.45) is 0 Å². The van der Waals surface area contributed by atoms with E-state index in [4.69, 9.17) is 0 Å². The molecule has 126 valence electrons. The number of aromatic nitrogens is 1. The van der Waals surface area contributed by atoms with Crippen molar-refractivity contribution in [2.45, 2.75) is 38.6 Å². The molecule has 0 aliphatic carbocycles. The number of likely N-dealkylation sites (tertiary alicyclic amines) is 1. The second kappa shape index (κ2) is 7.57. The minimum atomic E-state index is -0.176. The molecular weight excluding hydrogens is 322 g/mol. The first kappa shape index (κ1) is 16.6. The van der Waals surface area contributed by atoms with Crippen molar-refractivity contribution in [1.29, 1.82) is 0 Å². The summed E-state index contributed by atoms with van der Waals surface area (Å²) in [5.74, 6) is -0.205. The number of carbonyl (C=O) groups excluding carboxylic acids is 2. The van der Waals surface area contributed by atoms with Gasteiger partial charge in [-0.3, -0.25) is 9.59 Å². The van der Waals surface area contributed by atoms with Gasteiger partial charge in [-0.15, -0.1) is 11.3 Å². The van der Waals surface area contributed by atoms with Gasteiger partial charge in [0.2, 0.25) is 5.91 Å². The first-order valence-electron chi connectivity index (χ1n) is 8.21. The van der Waals surface area contributed by atoms with E-state index >= 15 is 0 Å². The van der Waals surface area contributed by atoms with E-state index in [2.05, 4.69) is 22.4 Å². The molecule has 1 N–H and O–H groups in total. The second-order valence-corrected chi connectivity index (χ2v) is 6.90. The molecule has 1 aliphatic heterocycles. The standard InChI is InChI=1S/C18H21N3O2S/c1-13(22)19-18-20-16(12-24-18)17(23)21-11-5-8-15(21)10-9-14-6-3-2-4-7-14/h2-4,6-7,12,15H,5,8-11H2,1H3,(H,19,20,22). The maximum atomic E-state index is 12.7. The molecule has 3 rings (SSSR count). The zero-order valence-corrected chi connectivity index (χ0v) is 14.5. The third kappa shape index (κ3) is 4.00. The van der Waals surface area contributed by atoms with Gasteiger partial charge in [0.15, 0.2) is 5.13 Å². The predicted molar refractivity (Wildman–Crippen MR) is 95.2 cm³/mol. The third-order valence-electron chi connectivity index (χ3n) is 4.25. The Morgan fingerprint density at radius 1 is 1.33 bits per heavy atom. The summed E-state index contributed by atoms with van der Waals surface area (Å²) in [6, 6.07) is 10.6. The number of benzene rings is 1. The maximum Gasteiger partial charge on any atom is 0.273 e. The van der Waals surface area contributed by atoms with Gasteiger partial charge in [0.25, 0.3) is 5.91 Å². The molecule has 1 unspecified atom stereocenters. The van der Waals surface area contributed by atoms with Crippen molar-refractivity contribution in [2.75, 3.05) is 11.9 Å². The molecule has 2 heterocycles. The van der Waals surface area contributed by atoms with Crippen LogP contribution in [0.15, 0.2) is 35.7 Å². The smallest absolute Gasteiger partial charge is 0.273 e. The fourth-order valence-corrected chi connectivity index (χ4v) is 3.84. The van der Waals surface area contributed by atoms with Crippen LogP contribution in [-0.2, 0) is 11.2 Å². The Labute approximate surface area is 145 Å². The normalized spacial score (nSPS) is 17.0. The molecule has 0 bridgehead atoms. The number of carbonyl (C=O) groups is 2. The number of aryl methyl sites for hydroxylation is 1. The van der Waals surface area contributed by atoms with Crippen LogP contribution in [-0.4, -0.2) is 34.3 Å². The van der Waals surface area contributed by atoms with Crippen LogP contribution in [0.5, 0.6) is 0 Å². The van der Waals surface area contributed by atoms with Crippen molar-refractivity contribution in [3.8, 4) is 0 Å². The fourth-order valence-electron chi connectivity index (χ4n) is 3.11. The Morgan fingerprint density at radius 3 is 2.88 bits per heavy atom. The highest BCUT2D eigenvalue weighted by atomic mass is 32.1. The molecule has 1 atom stereocenters. The highest BCUT2D eigenvalue weighted by Gasteiger charge is 2.30. The van der Waals surface area contributed by atoms with Crippen LogP contribution in [0, 0.1) is 0 Å². The molecule has 1 fully saturated rings. The van der Waals surface area contributed by atoms with Gasteiger partial charge >= 0.3 is 0 Å². The number of rotatable bonds is 5. The molecule has 1 aromatic heterocycles. The van der Waals surface area contributed by atoms with Gasteiger partial charge in [-0.25, -0.2) is 4.98 Å². The van der Waals surface area contributed by atoms with Crippen molar-refractivity contribution in [3.63, 3.8) is 0 Å². The third-order valence-corrected chi connectivity index (χ3v) is 5.01. The Hall–Kier alpha value is -2.21. The van der Waals surface area contributed by atoms with E-state index in [1.807, 2.05) is 23.1 Å². The summed E-state index contributed by atoms with van der Waals surface area (Å²) in [6.07, 6.45) is 4.02. The van der Waals surface area contributed by atoms with Crippen molar-refractivity contribution >= 4 is 28.3 Å². The lowest BCUT2D eigenvalue weighted by atomic mass is 10.0. The summed E-state index contributed by atoms with van der Waals surface area (Å²) in [5, 5.41) is 4.83. The molecule has 1 saturated heterocycles. The van der Waals surface area contributed by atoms with E-state index in [0.717, 1.165) is 32.2 Å². The van der Waals surface area contributed by atoms with E-state index in [1.165, 1.54) is 23.8 Å². The molecular formula is C18H21N3O2S. The van der Waals surface area contributed by atoms with Gasteiger partial charge in [-0.05, 0) is 31.2 Å². The van der Waals surface area contributed by atoms with Crippen LogP contribution >= 0.6 is 11.3 Å². The van der Waals surface area contributed by atoms with E-state index in [1.54, 1.807) is 5.38 Å². The van der Waals surface area contributed by atoms with Crippen LogP contribution in [0.4, 0.5) is 5.13 Å². The van der Waals surface area contributed by atoms with Crippen LogP contribution in [0.3, 0.4) is 0 Å². The molecule has 2 amide bonds. The average molecular weight is 343 g/mol. The number of hydrogen-bond acceptors (Lipinski definition) is 4. The molecule has 1 aliphatic rings. The highest BCUT2D eigenvalue weighted by Crippen LogP contribution is 2.25. The molecule has 0 radical (unpaired) electrons. The SMILES string of the molecule is CC(=O)Nc1nc(C(=O)N2CCCC2CCc2ccccc2)cs1. The van der Waals surface area contributed by atoms with Crippen molar-refractivity contribution in [3.05, 3.63) is 47.0 Å². The van der Waals surface area contributed by atoms with Crippen LogP contribution < -0.4 is 5.32 Å². The van der Waals surface area contributed by atoms with E-state index in [0.29, 0.717) is 10.8 Å². The molecule has 6 heteroatoms. The van der Waals surface area contributed by atoms with Crippen molar-refractivity contribution in [1.82, 2.24) is 9.88 Å². The van der Waals surface area contributed by atoms with Gasteiger partial charge in [0.05, 0.1) is 0 Å². The maximum absolute atomic E-state index is 12.7. The zero-order valence-electron chi connectivity index (χ0n) is 13.7. The largest absolute Gasteiger partial charge is 0.334 e. The molecule has 1 aromatic carbocycles. The number of thiazole rings is 1. The minimum absolute atomic E-state index is 0.0292. The Morgan fingerprint density at radius 2 is 2.12 bits per heavy atom. The number of nitrogens with one attached hydrogen (secondary N) is 1. The summed E-state index contributed by atoms with van der Waals surface area (Å²) in [4.78, 5) is 30.0. The van der Waals surface area contributed by atoms with Crippen LogP contribution in [0.2, 0.25) is 0 Å². The predicted octanol–water partition coefficient (Wildman–Crippen LogP) is 3.34. The summed E-state index contributed by atoms with van der Waals surface area (Å²) in [6.45, 7) is 2.22. The first-order chi connectivity index (χ1) is 11.6. The number of anilines is 1. The highest BCUT2D eigenvalue weighted by molar-refractivity contribution is 7.14. The van der Waals surface area contributed by atoms with E-state index in [-0.39, 0.29) is 17.9 Å². The van der Waals surface area contributed by atoms with Gasteiger partial charge in [-0.2, -0.15) is 0 Å². The van der Waals surface area contributed by atoms with E-state index < -0.39 is 0 Å². The molecule has 2 aromatic rings. The lowest BCUT2D eigenvalue weighted by Crippen LogP contribution is -2.36. The zero-order chi connectivity index (χ0) is 16.9. The lowest BCUT2D eigenvalue weighted by molar-refractivity contribution is -0.114. The number of amides is 2. The molecule has 0 spiro atoms. The van der Waals surface area contributed by atoms with Crippen LogP contribution in [0.25, 0.3) is 0 Å². The molecule has 0 saturated carbocycles. The quantitative estimate of drug-likeness (QED) is 0.906. The summed E-state index contributed by atoms with van der Waals surface area (Å²) in [7, 11) is 0. The Kier molecular flexibility index (Phi) is 5.25. The Bertz CT molecular complexity index is 714. The lowest BCUT2D eigenvalue weighted by Gasteiger charge is -2.24. The number of hydrogen-bond donors (Lipinski definition) is 1. The number of nitrogens with zero attached hydrogens (tertiary/aromatic N) is 2. The fraction of sp³-hybridized carbons (Fsp3) is 0.389. The van der Waals surface area contributed by atoms with Gasteiger partial charge < -0.3 is 10.2 Å². The van der Waals surface area contributed by atoms with Gasteiger partial charge in [0, 0.05) is 24.9 Å². The molecule has 24 heavy (non-hydrogen) atoms. The van der Waals surface area contributed by atoms with Gasteiger partial charge in [0.1, 0.15) is 5.69 Å². The first-order valence-corrected chi connectivity index (χ1v) is 9.09. The average Bonchev–Trinajstić information content (AvgIpc) is 3.22. The Balaban J connectivity index is 1.63. The summed E-state index contributed by atoms with van der Waals surface area (Å²) in [5.41, 5.74) is 1.73. The van der Waals surface area contributed by atoms with Crippen molar-refractivity contribution < 1.29 is 9.59 Å².